The van der Waals surface area contributed by atoms with Crippen molar-refractivity contribution in [2.45, 2.75) is 31.4 Å². The Balaban J connectivity index is 2.14. The largest absolute Gasteiger partial charge is 0.399 e. The average molecular weight is 257 g/mol. The molecule has 2 aromatic carbocycles. The van der Waals surface area contributed by atoms with Crippen molar-refractivity contribution in [1.82, 2.24) is 0 Å². The Kier molecular flexibility index (Phi) is 3.97. The van der Waals surface area contributed by atoms with Crippen LogP contribution in [0.2, 0.25) is 0 Å². The number of hydrogen-bond acceptors (Lipinski definition) is 2. The Morgan fingerprint density at radius 2 is 1.61 bits per heavy atom. The molecule has 0 unspecified atom stereocenters. The number of hydrogen-bond donors (Lipinski definition) is 1. The minimum absolute atomic E-state index is 0.867. The number of benzene rings is 2. The van der Waals surface area contributed by atoms with E-state index in [1.807, 2.05) is 17.8 Å². The SMILES string of the molecule is Cc1cc(SCc2c(C)cccc2C)ccc1N. The molecule has 0 radical (unpaired) electrons. The molecule has 0 amide bonds. The van der Waals surface area contributed by atoms with Gasteiger partial charge in [0.05, 0.1) is 0 Å². The molecule has 0 heterocycles. The molecule has 18 heavy (non-hydrogen) atoms. The maximum Gasteiger partial charge on any atom is 0.0344 e. The Bertz CT molecular complexity index is 541. The fourth-order valence-electron chi connectivity index (χ4n) is 1.97. The summed E-state index contributed by atoms with van der Waals surface area (Å²) in [7, 11) is 0. The zero-order valence-corrected chi connectivity index (χ0v) is 12.0. The van der Waals surface area contributed by atoms with Crippen LogP contribution in [0, 0.1) is 20.8 Å². The third-order valence-electron chi connectivity index (χ3n) is 3.27. The van der Waals surface area contributed by atoms with Gasteiger partial charge in [-0.3, -0.25) is 0 Å². The minimum Gasteiger partial charge on any atom is -0.399 e. The summed E-state index contributed by atoms with van der Waals surface area (Å²) in [5.41, 5.74) is 12.0. The van der Waals surface area contributed by atoms with Gasteiger partial charge in [0.25, 0.3) is 0 Å². The van der Waals surface area contributed by atoms with E-state index in [1.54, 1.807) is 0 Å². The van der Waals surface area contributed by atoms with E-state index in [-0.39, 0.29) is 0 Å². The summed E-state index contributed by atoms with van der Waals surface area (Å²) in [6.45, 7) is 6.41. The van der Waals surface area contributed by atoms with Gasteiger partial charge in [-0.1, -0.05) is 18.2 Å². The molecule has 0 fully saturated rings. The third kappa shape index (κ3) is 2.88. The van der Waals surface area contributed by atoms with Crippen molar-refractivity contribution in [3.8, 4) is 0 Å². The monoisotopic (exact) mass is 257 g/mol. The first-order chi connectivity index (χ1) is 8.58. The summed E-state index contributed by atoms with van der Waals surface area (Å²) >= 11 is 1.87. The van der Waals surface area contributed by atoms with Crippen LogP contribution in [0.4, 0.5) is 5.69 Å². The molecular weight excluding hydrogens is 238 g/mol. The summed E-state index contributed by atoms with van der Waals surface area (Å²) in [4.78, 5) is 1.28. The lowest BCUT2D eigenvalue weighted by Gasteiger charge is -2.10. The minimum atomic E-state index is 0.867. The summed E-state index contributed by atoms with van der Waals surface area (Å²) < 4.78 is 0. The van der Waals surface area contributed by atoms with Crippen LogP contribution in [-0.4, -0.2) is 0 Å². The Labute approximate surface area is 113 Å². The van der Waals surface area contributed by atoms with Gasteiger partial charge < -0.3 is 5.73 Å². The maximum atomic E-state index is 5.83. The average Bonchev–Trinajstić information content (AvgIpc) is 2.33. The highest BCUT2D eigenvalue weighted by molar-refractivity contribution is 7.98. The van der Waals surface area contributed by atoms with E-state index in [9.17, 15) is 0 Å². The molecule has 0 bridgehead atoms. The first-order valence-electron chi connectivity index (χ1n) is 6.12. The fraction of sp³-hybridized carbons (Fsp3) is 0.250. The second-order valence-corrected chi connectivity index (χ2v) is 5.73. The van der Waals surface area contributed by atoms with Crippen molar-refractivity contribution in [2.75, 3.05) is 5.73 Å². The Morgan fingerprint density at radius 3 is 2.22 bits per heavy atom. The number of nitrogens with two attached hydrogens (primary N) is 1. The predicted molar refractivity (Wildman–Crippen MR) is 81.1 cm³/mol. The van der Waals surface area contributed by atoms with Crippen LogP contribution in [0.15, 0.2) is 41.3 Å². The first-order valence-corrected chi connectivity index (χ1v) is 7.10. The van der Waals surface area contributed by atoms with Crippen molar-refractivity contribution in [1.29, 1.82) is 0 Å². The highest BCUT2D eigenvalue weighted by atomic mass is 32.2. The third-order valence-corrected chi connectivity index (χ3v) is 4.29. The molecular formula is C16H19NS. The molecule has 0 saturated heterocycles. The number of anilines is 1. The van der Waals surface area contributed by atoms with Gasteiger partial charge in [-0.2, -0.15) is 0 Å². The van der Waals surface area contributed by atoms with Gasteiger partial charge in [-0.15, -0.1) is 11.8 Å². The van der Waals surface area contributed by atoms with Crippen LogP contribution >= 0.6 is 11.8 Å². The van der Waals surface area contributed by atoms with Gasteiger partial charge in [0.15, 0.2) is 0 Å². The van der Waals surface area contributed by atoms with E-state index in [2.05, 4.69) is 51.1 Å². The molecule has 0 aliphatic carbocycles. The number of rotatable bonds is 3. The summed E-state index contributed by atoms with van der Waals surface area (Å²) in [5.74, 6) is 1.02. The van der Waals surface area contributed by atoms with Crippen molar-refractivity contribution < 1.29 is 0 Å². The Hall–Kier alpha value is -1.41. The van der Waals surface area contributed by atoms with Gasteiger partial charge >= 0.3 is 0 Å². The molecule has 0 aromatic heterocycles. The number of nitrogen functional groups attached to an aromatic ring is 1. The predicted octanol–water partition coefficient (Wildman–Crippen LogP) is 4.49. The van der Waals surface area contributed by atoms with Crippen LogP contribution in [0.1, 0.15) is 22.3 Å². The van der Waals surface area contributed by atoms with Crippen LogP contribution in [0.3, 0.4) is 0 Å². The molecule has 1 nitrogen and oxygen atoms in total. The van der Waals surface area contributed by atoms with Crippen molar-refractivity contribution in [3.05, 3.63) is 58.7 Å². The van der Waals surface area contributed by atoms with Gasteiger partial charge in [0.2, 0.25) is 0 Å². The first kappa shape index (κ1) is 13.0. The molecule has 2 N–H and O–H groups in total. The van der Waals surface area contributed by atoms with Gasteiger partial charge in [-0.25, -0.2) is 0 Å². The lowest BCUT2D eigenvalue weighted by Crippen LogP contribution is -1.92. The maximum absolute atomic E-state index is 5.83. The smallest absolute Gasteiger partial charge is 0.0344 e. The van der Waals surface area contributed by atoms with E-state index in [0.717, 1.165) is 17.0 Å². The topological polar surface area (TPSA) is 26.0 Å². The highest BCUT2D eigenvalue weighted by Gasteiger charge is 2.04. The second kappa shape index (κ2) is 5.49. The highest BCUT2D eigenvalue weighted by Crippen LogP contribution is 2.28. The standard InChI is InChI=1S/C16H19NS/c1-11-5-4-6-12(2)15(11)10-18-14-7-8-16(17)13(3)9-14/h4-9H,10,17H2,1-3H3. The van der Waals surface area contributed by atoms with Gasteiger partial charge in [0.1, 0.15) is 0 Å². The summed E-state index contributed by atoms with van der Waals surface area (Å²) in [5, 5.41) is 0. The van der Waals surface area contributed by atoms with E-state index in [0.29, 0.717) is 0 Å². The normalized spacial score (nSPS) is 10.6. The molecule has 94 valence electrons. The van der Waals surface area contributed by atoms with E-state index in [4.69, 9.17) is 5.73 Å². The quantitative estimate of drug-likeness (QED) is 0.648. The van der Waals surface area contributed by atoms with Gasteiger partial charge in [0, 0.05) is 16.3 Å². The molecule has 0 atom stereocenters. The van der Waals surface area contributed by atoms with Crippen molar-refractivity contribution >= 4 is 17.4 Å². The fourth-order valence-corrected chi connectivity index (χ4v) is 3.16. The van der Waals surface area contributed by atoms with Crippen LogP contribution in [-0.2, 0) is 5.75 Å². The van der Waals surface area contributed by atoms with E-state index >= 15 is 0 Å². The van der Waals surface area contributed by atoms with Crippen molar-refractivity contribution in [2.24, 2.45) is 0 Å². The van der Waals surface area contributed by atoms with Crippen LogP contribution in [0.5, 0.6) is 0 Å². The lowest BCUT2D eigenvalue weighted by atomic mass is 10.1. The van der Waals surface area contributed by atoms with Crippen LogP contribution < -0.4 is 5.73 Å². The zero-order valence-electron chi connectivity index (χ0n) is 11.2. The number of aryl methyl sites for hydroxylation is 3. The second-order valence-electron chi connectivity index (χ2n) is 4.68. The summed E-state index contributed by atoms with van der Waals surface area (Å²) in [6, 6.07) is 12.7. The molecule has 2 aromatic rings. The molecule has 2 heteroatoms. The molecule has 0 aliphatic rings. The summed E-state index contributed by atoms with van der Waals surface area (Å²) in [6.07, 6.45) is 0. The van der Waals surface area contributed by atoms with E-state index in [1.165, 1.54) is 21.6 Å². The van der Waals surface area contributed by atoms with E-state index < -0.39 is 0 Å². The molecule has 0 aliphatic heterocycles. The van der Waals surface area contributed by atoms with Crippen molar-refractivity contribution in [3.63, 3.8) is 0 Å². The molecule has 0 saturated carbocycles. The Morgan fingerprint density at radius 1 is 0.944 bits per heavy atom. The zero-order chi connectivity index (χ0) is 13.1. The molecule has 0 spiro atoms. The molecule has 2 rings (SSSR count). The van der Waals surface area contributed by atoms with Crippen LogP contribution in [0.25, 0.3) is 0 Å². The lowest BCUT2D eigenvalue weighted by molar-refractivity contribution is 1.23. The number of thioether (sulfide) groups is 1. The van der Waals surface area contributed by atoms with Gasteiger partial charge in [-0.05, 0) is 61.2 Å².